The number of rotatable bonds is 7. The fraction of sp³-hybridized carbons (Fsp3) is 0.696. The van der Waals surface area contributed by atoms with Crippen molar-refractivity contribution < 1.29 is 26.7 Å². The Morgan fingerprint density at radius 1 is 1.18 bits per heavy atom. The van der Waals surface area contributed by atoms with E-state index in [0.29, 0.717) is 54.8 Å². The van der Waals surface area contributed by atoms with Gasteiger partial charge in [-0.25, -0.2) is 8.98 Å². The van der Waals surface area contributed by atoms with Gasteiger partial charge in [0, 0.05) is 24.8 Å². The van der Waals surface area contributed by atoms with Gasteiger partial charge in [-0.3, -0.25) is 4.55 Å². The van der Waals surface area contributed by atoms with Crippen LogP contribution in [-0.4, -0.2) is 54.9 Å². The van der Waals surface area contributed by atoms with Crippen molar-refractivity contribution in [2.45, 2.75) is 57.5 Å². The minimum atomic E-state index is -4.46. The van der Waals surface area contributed by atoms with Gasteiger partial charge in [0.25, 0.3) is 0 Å². The number of benzene rings is 1. The van der Waals surface area contributed by atoms with Crippen LogP contribution in [0.5, 0.6) is 5.75 Å². The van der Waals surface area contributed by atoms with Crippen molar-refractivity contribution in [1.82, 2.24) is 4.90 Å². The van der Waals surface area contributed by atoms with Gasteiger partial charge in [0.1, 0.15) is 5.75 Å². The van der Waals surface area contributed by atoms with Crippen molar-refractivity contribution in [2.24, 2.45) is 17.3 Å². The molecule has 4 rings (SSSR count). The molecule has 5 atom stereocenters. The Balaban J connectivity index is 1.49. The molecule has 7 nitrogen and oxygen atoms in total. The van der Waals surface area contributed by atoms with Crippen LogP contribution < -0.4 is 4.74 Å². The molecule has 0 aliphatic heterocycles. The maximum absolute atomic E-state index is 12.5. The number of fused-ring (bicyclic) bond motifs is 5. The molecular formula is C23H31Cl2NO6S. The molecule has 1 amide bonds. The number of aryl methyl sites for hydroxylation is 1. The Bertz CT molecular complexity index is 983. The number of amides is 1. The predicted octanol–water partition coefficient (Wildman–Crippen LogP) is 5.01. The van der Waals surface area contributed by atoms with Crippen LogP contribution in [0.1, 0.15) is 56.1 Å². The zero-order valence-electron chi connectivity index (χ0n) is 18.7. The summed E-state index contributed by atoms with van der Waals surface area (Å²) in [4.78, 5) is 14.0. The van der Waals surface area contributed by atoms with Crippen LogP contribution in [0.3, 0.4) is 0 Å². The Kier molecular flexibility index (Phi) is 7.51. The zero-order valence-corrected chi connectivity index (χ0v) is 21.0. The van der Waals surface area contributed by atoms with E-state index in [0.717, 1.165) is 32.1 Å². The summed E-state index contributed by atoms with van der Waals surface area (Å²) in [5.41, 5.74) is 2.25. The Hall–Kier alpha value is -1.06. The molecule has 0 radical (unpaired) electrons. The molecule has 0 aromatic heterocycles. The molecule has 1 N–H and O–H groups in total. The van der Waals surface area contributed by atoms with Gasteiger partial charge in [-0.15, -0.1) is 23.2 Å². The van der Waals surface area contributed by atoms with E-state index in [2.05, 4.69) is 13.0 Å². The first-order valence-corrected chi connectivity index (χ1v) is 14.0. The van der Waals surface area contributed by atoms with E-state index in [1.165, 1.54) is 16.0 Å². The van der Waals surface area contributed by atoms with Crippen molar-refractivity contribution >= 4 is 39.7 Å². The van der Waals surface area contributed by atoms with Crippen LogP contribution in [0.4, 0.5) is 4.79 Å². The standard InChI is InChI=1S/C23H31Cl2NO6S/c1-23-9-8-18-17-5-3-16(31-22(27)26(12-10-24)13-11-25)14-15(17)2-4-19(18)20(23)6-7-21(23)32-33(28,29)30/h3,5,14,18-21H,2,4,6-13H2,1H3,(H,28,29,30)/t18-,19-,20+,21+,23+/m1/s1. The Morgan fingerprint density at radius 2 is 1.91 bits per heavy atom. The minimum absolute atomic E-state index is 0.252. The molecule has 1 aromatic rings. The summed E-state index contributed by atoms with van der Waals surface area (Å²) in [6, 6.07) is 5.90. The van der Waals surface area contributed by atoms with Crippen molar-refractivity contribution in [3.63, 3.8) is 0 Å². The third-order valence-electron chi connectivity index (χ3n) is 8.02. The van der Waals surface area contributed by atoms with Gasteiger partial charge in [0.2, 0.25) is 0 Å². The van der Waals surface area contributed by atoms with Crippen molar-refractivity contribution in [3.8, 4) is 5.75 Å². The molecule has 0 unspecified atom stereocenters. The summed E-state index contributed by atoms with van der Waals surface area (Å²) in [7, 11) is -4.46. The minimum Gasteiger partial charge on any atom is -0.410 e. The molecule has 3 aliphatic rings. The molecule has 184 valence electrons. The predicted molar refractivity (Wildman–Crippen MR) is 127 cm³/mol. The lowest BCUT2D eigenvalue weighted by Gasteiger charge is -2.50. The van der Waals surface area contributed by atoms with Crippen LogP contribution in [0.15, 0.2) is 18.2 Å². The summed E-state index contributed by atoms with van der Waals surface area (Å²) in [5.74, 6) is 2.35. The summed E-state index contributed by atoms with van der Waals surface area (Å²) >= 11 is 11.6. The maximum atomic E-state index is 12.5. The monoisotopic (exact) mass is 519 g/mol. The lowest BCUT2D eigenvalue weighted by Crippen LogP contribution is -2.45. The van der Waals surface area contributed by atoms with Crippen molar-refractivity contribution in [3.05, 3.63) is 29.3 Å². The average molecular weight is 520 g/mol. The largest absolute Gasteiger partial charge is 0.415 e. The number of ether oxygens (including phenoxy) is 1. The second kappa shape index (κ2) is 9.90. The first kappa shape index (κ1) is 25.0. The number of hydrogen-bond acceptors (Lipinski definition) is 5. The Morgan fingerprint density at radius 3 is 2.58 bits per heavy atom. The number of carbonyl (C=O) groups excluding carboxylic acids is 1. The van der Waals surface area contributed by atoms with Gasteiger partial charge < -0.3 is 9.64 Å². The smallest absolute Gasteiger partial charge is 0.410 e. The second-order valence-electron chi connectivity index (χ2n) is 9.64. The van der Waals surface area contributed by atoms with E-state index in [-0.39, 0.29) is 5.41 Å². The molecule has 10 heteroatoms. The molecule has 1 aromatic carbocycles. The highest BCUT2D eigenvalue weighted by Gasteiger charge is 2.56. The number of nitrogens with zero attached hydrogens (tertiary/aromatic N) is 1. The average Bonchev–Trinajstić information content (AvgIpc) is 3.08. The molecule has 2 fully saturated rings. The highest BCUT2D eigenvalue weighted by Crippen LogP contribution is 2.61. The molecular weight excluding hydrogens is 489 g/mol. The Labute approximate surface area is 205 Å². The van der Waals surface area contributed by atoms with Gasteiger partial charge in [0.05, 0.1) is 6.10 Å². The molecule has 0 spiro atoms. The van der Waals surface area contributed by atoms with E-state index in [4.69, 9.17) is 32.1 Å². The van der Waals surface area contributed by atoms with Gasteiger partial charge >= 0.3 is 16.5 Å². The summed E-state index contributed by atoms with van der Waals surface area (Å²) in [6.45, 7) is 2.87. The highest BCUT2D eigenvalue weighted by atomic mass is 35.5. The van der Waals surface area contributed by atoms with Gasteiger partial charge in [-0.2, -0.15) is 8.42 Å². The third kappa shape index (κ3) is 5.15. The number of hydrogen-bond donors (Lipinski definition) is 1. The summed E-state index contributed by atoms with van der Waals surface area (Å²) in [5, 5.41) is 0. The van der Waals surface area contributed by atoms with Crippen molar-refractivity contribution in [1.29, 1.82) is 0 Å². The van der Waals surface area contributed by atoms with E-state index in [1.54, 1.807) is 0 Å². The summed E-state index contributed by atoms with van der Waals surface area (Å²) < 4.78 is 42.6. The third-order valence-corrected chi connectivity index (χ3v) is 8.83. The number of halogens is 2. The van der Waals surface area contributed by atoms with Gasteiger partial charge in [0.15, 0.2) is 0 Å². The lowest BCUT2D eigenvalue weighted by atomic mass is 9.55. The molecule has 3 aliphatic carbocycles. The summed E-state index contributed by atoms with van der Waals surface area (Å²) in [6.07, 6.45) is 4.30. The SMILES string of the molecule is C[C@]12CC[C@@H]3c4ccc(OC(=O)N(CCCl)CCCl)cc4CC[C@H]3[C@@H]1CC[C@@H]2OS(=O)(=O)O. The normalized spacial score (nSPS) is 30.8. The maximum Gasteiger partial charge on any atom is 0.415 e. The molecule has 33 heavy (non-hydrogen) atoms. The number of carbonyl (C=O) groups is 1. The molecule has 2 saturated carbocycles. The van der Waals surface area contributed by atoms with Crippen LogP contribution in [-0.2, 0) is 21.0 Å². The van der Waals surface area contributed by atoms with E-state index < -0.39 is 22.6 Å². The van der Waals surface area contributed by atoms with Crippen LogP contribution >= 0.6 is 23.2 Å². The molecule has 0 heterocycles. The topological polar surface area (TPSA) is 93.1 Å². The van der Waals surface area contributed by atoms with Crippen LogP contribution in [0.2, 0.25) is 0 Å². The van der Waals surface area contributed by atoms with E-state index in [1.807, 2.05) is 12.1 Å². The highest BCUT2D eigenvalue weighted by molar-refractivity contribution is 7.80. The van der Waals surface area contributed by atoms with Gasteiger partial charge in [-0.05, 0) is 85.0 Å². The zero-order chi connectivity index (χ0) is 23.8. The van der Waals surface area contributed by atoms with E-state index >= 15 is 0 Å². The van der Waals surface area contributed by atoms with Gasteiger partial charge in [-0.1, -0.05) is 13.0 Å². The lowest BCUT2D eigenvalue weighted by molar-refractivity contribution is -0.0121. The molecule has 0 bridgehead atoms. The second-order valence-corrected chi connectivity index (χ2v) is 11.4. The van der Waals surface area contributed by atoms with E-state index in [9.17, 15) is 17.8 Å². The first-order chi connectivity index (χ1) is 15.7. The van der Waals surface area contributed by atoms with Crippen LogP contribution in [0, 0.1) is 17.3 Å². The van der Waals surface area contributed by atoms with Crippen LogP contribution in [0.25, 0.3) is 0 Å². The first-order valence-electron chi connectivity index (χ1n) is 11.5. The fourth-order valence-electron chi connectivity index (χ4n) is 6.54. The fourth-order valence-corrected chi connectivity index (χ4v) is 7.56. The molecule has 0 saturated heterocycles. The number of alkyl halides is 2. The van der Waals surface area contributed by atoms with Crippen molar-refractivity contribution in [2.75, 3.05) is 24.8 Å². The quantitative estimate of drug-likeness (QED) is 0.402.